The summed E-state index contributed by atoms with van der Waals surface area (Å²) in [6, 6.07) is 3.86. The van der Waals surface area contributed by atoms with Crippen LogP contribution in [0.3, 0.4) is 0 Å². The summed E-state index contributed by atoms with van der Waals surface area (Å²) < 4.78 is 13.0. The lowest BCUT2D eigenvalue weighted by molar-refractivity contribution is -0.130. The van der Waals surface area contributed by atoms with Crippen molar-refractivity contribution >= 4 is 23.0 Å². The minimum Gasteiger partial charge on any atom is -0.460 e. The molecule has 0 aromatic carbocycles. The van der Waals surface area contributed by atoms with Gasteiger partial charge in [0.25, 0.3) is 5.91 Å². The second-order valence-corrected chi connectivity index (χ2v) is 7.49. The normalized spacial score (nSPS) is 16.8. The van der Waals surface area contributed by atoms with Crippen molar-refractivity contribution in [3.8, 4) is 0 Å². The molecule has 3 rings (SSSR count). The van der Waals surface area contributed by atoms with E-state index in [0.29, 0.717) is 11.3 Å². The molecule has 6 nitrogen and oxygen atoms in total. The molecule has 1 amide bonds. The first-order valence-corrected chi connectivity index (χ1v) is 9.49. The SMILES string of the molecule is Cc1cc2c(cc(C(=O)O[C@@H](C)C(=O)NC3CCCCC3)n2C(C)C)o1. The zero-order chi connectivity index (χ0) is 18.8. The van der Waals surface area contributed by atoms with Crippen LogP contribution in [0.15, 0.2) is 16.5 Å². The van der Waals surface area contributed by atoms with Crippen LogP contribution in [-0.4, -0.2) is 28.6 Å². The number of hydrogen-bond donors (Lipinski definition) is 1. The Bertz CT molecular complexity index is 796. The number of carbonyl (C=O) groups excluding carboxylic acids is 2. The van der Waals surface area contributed by atoms with Gasteiger partial charge in [-0.1, -0.05) is 19.3 Å². The van der Waals surface area contributed by atoms with Crippen molar-refractivity contribution in [1.29, 1.82) is 0 Å². The Labute approximate surface area is 153 Å². The van der Waals surface area contributed by atoms with E-state index in [-0.39, 0.29) is 18.0 Å². The number of carbonyl (C=O) groups is 2. The molecule has 1 saturated carbocycles. The number of esters is 1. The van der Waals surface area contributed by atoms with Crippen LogP contribution in [0.4, 0.5) is 0 Å². The monoisotopic (exact) mass is 360 g/mol. The molecule has 142 valence electrons. The second kappa shape index (κ2) is 7.56. The molecule has 0 spiro atoms. The molecule has 6 heteroatoms. The number of nitrogens with one attached hydrogen (secondary N) is 1. The third kappa shape index (κ3) is 3.79. The Hall–Kier alpha value is -2.24. The lowest BCUT2D eigenvalue weighted by Gasteiger charge is -2.24. The van der Waals surface area contributed by atoms with Gasteiger partial charge in [-0.3, -0.25) is 4.79 Å². The zero-order valence-corrected chi connectivity index (χ0v) is 16.0. The predicted octanol–water partition coefficient (Wildman–Crippen LogP) is 4.12. The van der Waals surface area contributed by atoms with Crippen molar-refractivity contribution in [2.45, 2.75) is 78.0 Å². The first kappa shape index (κ1) is 18.5. The van der Waals surface area contributed by atoms with E-state index in [9.17, 15) is 9.59 Å². The van der Waals surface area contributed by atoms with E-state index in [1.54, 1.807) is 13.0 Å². The highest BCUT2D eigenvalue weighted by molar-refractivity contribution is 5.96. The van der Waals surface area contributed by atoms with Crippen LogP contribution in [0.2, 0.25) is 0 Å². The fourth-order valence-electron chi connectivity index (χ4n) is 3.69. The third-order valence-electron chi connectivity index (χ3n) is 4.98. The van der Waals surface area contributed by atoms with Crippen molar-refractivity contribution in [2.75, 3.05) is 0 Å². The Morgan fingerprint density at radius 1 is 1.19 bits per heavy atom. The van der Waals surface area contributed by atoms with Crippen LogP contribution in [0, 0.1) is 6.92 Å². The van der Waals surface area contributed by atoms with E-state index in [4.69, 9.17) is 9.15 Å². The number of hydrogen-bond acceptors (Lipinski definition) is 4. The minimum atomic E-state index is -0.826. The van der Waals surface area contributed by atoms with E-state index in [1.807, 2.05) is 31.4 Å². The van der Waals surface area contributed by atoms with Gasteiger partial charge in [-0.05, 0) is 40.5 Å². The molecule has 1 atom stereocenters. The number of rotatable bonds is 5. The Balaban J connectivity index is 1.70. The van der Waals surface area contributed by atoms with Gasteiger partial charge in [-0.15, -0.1) is 0 Å². The molecule has 1 aliphatic rings. The molecular weight excluding hydrogens is 332 g/mol. The standard InChI is InChI=1S/C20H28N2O4/c1-12(2)22-16-10-13(3)25-18(16)11-17(22)20(24)26-14(4)19(23)21-15-8-6-5-7-9-15/h10-12,14-15H,5-9H2,1-4H3,(H,21,23)/t14-/m0/s1. The summed E-state index contributed by atoms with van der Waals surface area (Å²) in [6.45, 7) is 7.49. The molecule has 0 unspecified atom stereocenters. The molecule has 1 fully saturated rings. The van der Waals surface area contributed by atoms with E-state index in [0.717, 1.165) is 37.0 Å². The summed E-state index contributed by atoms with van der Waals surface area (Å²) in [7, 11) is 0. The number of amides is 1. The number of furan rings is 1. The lowest BCUT2D eigenvalue weighted by atomic mass is 9.95. The maximum atomic E-state index is 12.7. The van der Waals surface area contributed by atoms with Gasteiger partial charge in [0.15, 0.2) is 11.7 Å². The number of aromatic nitrogens is 1. The number of nitrogens with zero attached hydrogens (tertiary/aromatic N) is 1. The molecule has 2 aromatic heterocycles. The predicted molar refractivity (Wildman–Crippen MR) is 99.2 cm³/mol. The third-order valence-corrected chi connectivity index (χ3v) is 4.98. The van der Waals surface area contributed by atoms with Gasteiger partial charge < -0.3 is 19.0 Å². The van der Waals surface area contributed by atoms with Crippen molar-refractivity contribution in [2.24, 2.45) is 0 Å². The Morgan fingerprint density at radius 3 is 2.54 bits per heavy atom. The van der Waals surface area contributed by atoms with Crippen LogP contribution in [-0.2, 0) is 9.53 Å². The van der Waals surface area contributed by atoms with Crippen LogP contribution >= 0.6 is 0 Å². The van der Waals surface area contributed by atoms with Crippen LogP contribution in [0.5, 0.6) is 0 Å². The molecule has 2 aromatic rings. The largest absolute Gasteiger partial charge is 0.460 e. The molecule has 26 heavy (non-hydrogen) atoms. The van der Waals surface area contributed by atoms with Crippen molar-refractivity contribution < 1.29 is 18.7 Å². The summed E-state index contributed by atoms with van der Waals surface area (Å²) in [6.07, 6.45) is 4.67. The number of ether oxygens (including phenoxy) is 1. The minimum absolute atomic E-state index is 0.0680. The molecule has 0 radical (unpaired) electrons. The lowest BCUT2D eigenvalue weighted by Crippen LogP contribution is -2.42. The summed E-state index contributed by atoms with van der Waals surface area (Å²) in [5.41, 5.74) is 1.93. The molecule has 0 saturated heterocycles. The van der Waals surface area contributed by atoms with Gasteiger partial charge in [0.1, 0.15) is 11.5 Å². The van der Waals surface area contributed by atoms with Gasteiger partial charge >= 0.3 is 5.97 Å². The first-order chi connectivity index (χ1) is 12.4. The smallest absolute Gasteiger partial charge is 0.355 e. The highest BCUT2D eigenvalue weighted by Crippen LogP contribution is 2.27. The average Bonchev–Trinajstić information content (AvgIpc) is 3.11. The quantitative estimate of drug-likeness (QED) is 0.814. The fraction of sp³-hybridized carbons (Fsp3) is 0.600. The highest BCUT2D eigenvalue weighted by atomic mass is 16.5. The van der Waals surface area contributed by atoms with Crippen LogP contribution < -0.4 is 5.32 Å². The van der Waals surface area contributed by atoms with Crippen molar-refractivity contribution in [1.82, 2.24) is 9.88 Å². The maximum absolute atomic E-state index is 12.7. The molecule has 0 aliphatic heterocycles. The van der Waals surface area contributed by atoms with Crippen molar-refractivity contribution in [3.05, 3.63) is 23.6 Å². The first-order valence-electron chi connectivity index (χ1n) is 9.49. The molecular formula is C20H28N2O4. The Morgan fingerprint density at radius 2 is 1.88 bits per heavy atom. The molecule has 1 N–H and O–H groups in total. The van der Waals surface area contributed by atoms with E-state index < -0.39 is 12.1 Å². The van der Waals surface area contributed by atoms with E-state index >= 15 is 0 Å². The van der Waals surface area contributed by atoms with Gasteiger partial charge in [-0.2, -0.15) is 0 Å². The van der Waals surface area contributed by atoms with Gasteiger partial charge in [-0.25, -0.2) is 4.79 Å². The van der Waals surface area contributed by atoms with Crippen LogP contribution in [0.1, 0.15) is 75.2 Å². The molecule has 0 bridgehead atoms. The number of aryl methyl sites for hydroxylation is 1. The fourth-order valence-corrected chi connectivity index (χ4v) is 3.69. The Kier molecular flexibility index (Phi) is 5.39. The maximum Gasteiger partial charge on any atom is 0.355 e. The number of fused-ring (bicyclic) bond motifs is 1. The van der Waals surface area contributed by atoms with Crippen LogP contribution in [0.25, 0.3) is 11.1 Å². The van der Waals surface area contributed by atoms with Gasteiger partial charge in [0.2, 0.25) is 0 Å². The van der Waals surface area contributed by atoms with E-state index in [1.165, 1.54) is 6.42 Å². The molecule has 2 heterocycles. The average molecular weight is 360 g/mol. The van der Waals surface area contributed by atoms with Crippen molar-refractivity contribution in [3.63, 3.8) is 0 Å². The second-order valence-electron chi connectivity index (χ2n) is 7.49. The highest BCUT2D eigenvalue weighted by Gasteiger charge is 2.26. The van der Waals surface area contributed by atoms with E-state index in [2.05, 4.69) is 5.32 Å². The molecule has 1 aliphatic carbocycles. The summed E-state index contributed by atoms with van der Waals surface area (Å²) in [4.78, 5) is 25.0. The van der Waals surface area contributed by atoms with Gasteiger partial charge in [0.05, 0.1) is 5.52 Å². The summed E-state index contributed by atoms with van der Waals surface area (Å²) >= 11 is 0. The zero-order valence-electron chi connectivity index (χ0n) is 16.0. The summed E-state index contributed by atoms with van der Waals surface area (Å²) in [5.74, 6) is 0.0611. The summed E-state index contributed by atoms with van der Waals surface area (Å²) in [5, 5.41) is 3.00. The topological polar surface area (TPSA) is 73.5 Å². The van der Waals surface area contributed by atoms with Gasteiger partial charge in [0, 0.05) is 24.2 Å².